The van der Waals surface area contributed by atoms with Gasteiger partial charge in [0, 0.05) is 12.5 Å². The first-order chi connectivity index (χ1) is 10.2. The molecule has 3 nitrogen and oxygen atoms in total. The molecule has 0 saturated carbocycles. The third kappa shape index (κ3) is 7.79. The molecule has 0 spiro atoms. The summed E-state index contributed by atoms with van der Waals surface area (Å²) >= 11 is 0. The Hall–Kier alpha value is -0.640. The van der Waals surface area contributed by atoms with Gasteiger partial charge in [0.1, 0.15) is 0 Å². The van der Waals surface area contributed by atoms with Gasteiger partial charge in [-0.05, 0) is 13.3 Å². The van der Waals surface area contributed by atoms with Crippen LogP contribution in [0.15, 0.2) is 24.3 Å². The van der Waals surface area contributed by atoms with E-state index < -0.39 is 0 Å². The second-order valence-electron chi connectivity index (χ2n) is 5.85. The Kier molecular flexibility index (Phi) is 9.64. The van der Waals surface area contributed by atoms with Gasteiger partial charge in [-0.3, -0.25) is 0 Å². The van der Waals surface area contributed by atoms with Crippen molar-refractivity contribution in [3.05, 3.63) is 24.3 Å². The molecule has 1 aliphatic carbocycles. The molecule has 0 radical (unpaired) electrons. The van der Waals surface area contributed by atoms with Crippen molar-refractivity contribution >= 4 is 0 Å². The number of hydrogen-bond donors (Lipinski definition) is 0. The van der Waals surface area contributed by atoms with Crippen molar-refractivity contribution in [2.24, 2.45) is 5.92 Å². The number of ether oxygens (including phenoxy) is 3. The molecule has 0 fully saturated rings. The van der Waals surface area contributed by atoms with Crippen LogP contribution in [0.25, 0.3) is 0 Å². The lowest BCUT2D eigenvalue weighted by atomic mass is 9.87. The Balaban J connectivity index is 1.91. The van der Waals surface area contributed by atoms with Crippen molar-refractivity contribution in [1.82, 2.24) is 0 Å². The summed E-state index contributed by atoms with van der Waals surface area (Å²) in [5.41, 5.74) is -0.201. The van der Waals surface area contributed by atoms with Crippen LogP contribution in [-0.2, 0) is 14.2 Å². The van der Waals surface area contributed by atoms with E-state index in [1.165, 1.54) is 19.3 Å². The highest BCUT2D eigenvalue weighted by atomic mass is 16.5. The molecule has 2 unspecified atom stereocenters. The average molecular weight is 296 g/mol. The van der Waals surface area contributed by atoms with Crippen LogP contribution in [-0.4, -0.2) is 38.6 Å². The fourth-order valence-electron chi connectivity index (χ4n) is 2.27. The highest BCUT2D eigenvalue weighted by Gasteiger charge is 2.28. The Morgan fingerprint density at radius 3 is 2.33 bits per heavy atom. The molecule has 122 valence electrons. The van der Waals surface area contributed by atoms with Gasteiger partial charge in [0.15, 0.2) is 0 Å². The molecule has 0 aromatic heterocycles. The van der Waals surface area contributed by atoms with E-state index in [4.69, 9.17) is 14.2 Å². The zero-order chi connectivity index (χ0) is 15.4. The minimum absolute atomic E-state index is 0.201. The van der Waals surface area contributed by atoms with E-state index in [0.29, 0.717) is 32.3 Å². The molecule has 0 heterocycles. The monoisotopic (exact) mass is 296 g/mol. The summed E-state index contributed by atoms with van der Waals surface area (Å²) in [6.45, 7) is 9.95. The molecule has 3 heteroatoms. The maximum absolute atomic E-state index is 5.95. The van der Waals surface area contributed by atoms with Gasteiger partial charge < -0.3 is 14.2 Å². The lowest BCUT2D eigenvalue weighted by Gasteiger charge is -2.33. The van der Waals surface area contributed by atoms with E-state index >= 15 is 0 Å². The minimum atomic E-state index is -0.201. The van der Waals surface area contributed by atoms with Gasteiger partial charge in [0.2, 0.25) is 0 Å². The summed E-state index contributed by atoms with van der Waals surface area (Å²) < 4.78 is 17.0. The fourth-order valence-corrected chi connectivity index (χ4v) is 2.27. The van der Waals surface area contributed by atoms with Crippen LogP contribution in [0.5, 0.6) is 0 Å². The summed E-state index contributed by atoms with van der Waals surface area (Å²) in [7, 11) is 0. The SMILES string of the molecule is CCCCCCOCCOCCOC1(C)C=CC=CC1C. The fraction of sp³-hybridized carbons (Fsp3) is 0.778. The van der Waals surface area contributed by atoms with Crippen molar-refractivity contribution < 1.29 is 14.2 Å². The van der Waals surface area contributed by atoms with Crippen molar-refractivity contribution in [2.75, 3.05) is 33.0 Å². The second kappa shape index (κ2) is 11.0. The topological polar surface area (TPSA) is 27.7 Å². The lowest BCUT2D eigenvalue weighted by molar-refractivity contribution is -0.0534. The van der Waals surface area contributed by atoms with Crippen LogP contribution in [0, 0.1) is 5.92 Å². The first-order valence-electron chi connectivity index (χ1n) is 8.34. The van der Waals surface area contributed by atoms with E-state index in [9.17, 15) is 0 Å². The quantitative estimate of drug-likeness (QED) is 0.507. The smallest absolute Gasteiger partial charge is 0.0898 e. The van der Waals surface area contributed by atoms with Gasteiger partial charge in [-0.25, -0.2) is 0 Å². The largest absolute Gasteiger partial charge is 0.379 e. The van der Waals surface area contributed by atoms with Gasteiger partial charge in [0.25, 0.3) is 0 Å². The zero-order valence-electron chi connectivity index (χ0n) is 14.0. The number of hydrogen-bond acceptors (Lipinski definition) is 3. The average Bonchev–Trinajstić information content (AvgIpc) is 2.48. The van der Waals surface area contributed by atoms with E-state index in [2.05, 4.69) is 39.0 Å². The Bertz CT molecular complexity index is 312. The van der Waals surface area contributed by atoms with Crippen LogP contribution in [0.2, 0.25) is 0 Å². The van der Waals surface area contributed by atoms with Crippen molar-refractivity contribution in [3.63, 3.8) is 0 Å². The predicted octanol–water partition coefficient (Wildman–Crippen LogP) is 4.14. The third-order valence-electron chi connectivity index (χ3n) is 4.00. The van der Waals surface area contributed by atoms with Gasteiger partial charge >= 0.3 is 0 Å². The Morgan fingerprint density at radius 1 is 0.905 bits per heavy atom. The summed E-state index contributed by atoms with van der Waals surface area (Å²) in [5.74, 6) is 0.397. The molecule has 0 aliphatic heterocycles. The second-order valence-corrected chi connectivity index (χ2v) is 5.85. The summed E-state index contributed by atoms with van der Waals surface area (Å²) in [6.07, 6.45) is 13.4. The van der Waals surface area contributed by atoms with Crippen molar-refractivity contribution in [2.45, 2.75) is 52.1 Å². The maximum Gasteiger partial charge on any atom is 0.0898 e. The standard InChI is InChI=1S/C18H32O3/c1-4-5-6-9-12-19-13-14-20-15-16-21-18(3)11-8-7-10-17(18)2/h7-8,10-11,17H,4-6,9,12-16H2,1-3H3. The van der Waals surface area contributed by atoms with E-state index in [1.54, 1.807) is 0 Å². The van der Waals surface area contributed by atoms with Gasteiger partial charge in [0.05, 0.1) is 32.0 Å². The maximum atomic E-state index is 5.95. The molecule has 0 amide bonds. The van der Waals surface area contributed by atoms with E-state index in [-0.39, 0.29) is 5.60 Å². The summed E-state index contributed by atoms with van der Waals surface area (Å²) in [4.78, 5) is 0. The molecule has 0 aromatic rings. The van der Waals surface area contributed by atoms with Crippen LogP contribution in [0.3, 0.4) is 0 Å². The number of unbranched alkanes of at least 4 members (excludes halogenated alkanes) is 3. The Labute approximate surface area is 130 Å². The highest BCUT2D eigenvalue weighted by Crippen LogP contribution is 2.27. The normalized spacial score (nSPS) is 24.6. The van der Waals surface area contributed by atoms with Crippen molar-refractivity contribution in [1.29, 1.82) is 0 Å². The summed E-state index contributed by atoms with van der Waals surface area (Å²) in [6, 6.07) is 0. The van der Waals surface area contributed by atoms with Crippen LogP contribution >= 0.6 is 0 Å². The molecular formula is C18H32O3. The van der Waals surface area contributed by atoms with Gasteiger partial charge in [-0.1, -0.05) is 57.4 Å². The van der Waals surface area contributed by atoms with E-state index in [0.717, 1.165) is 13.0 Å². The highest BCUT2D eigenvalue weighted by molar-refractivity contribution is 5.20. The van der Waals surface area contributed by atoms with Crippen LogP contribution < -0.4 is 0 Å². The van der Waals surface area contributed by atoms with Crippen LogP contribution in [0.1, 0.15) is 46.5 Å². The molecule has 0 N–H and O–H groups in total. The molecule has 0 bridgehead atoms. The Morgan fingerprint density at radius 2 is 1.62 bits per heavy atom. The molecule has 21 heavy (non-hydrogen) atoms. The lowest BCUT2D eigenvalue weighted by Crippen LogP contribution is -2.35. The molecule has 2 atom stereocenters. The van der Waals surface area contributed by atoms with Crippen LogP contribution in [0.4, 0.5) is 0 Å². The number of allylic oxidation sites excluding steroid dienone is 2. The first-order valence-corrected chi connectivity index (χ1v) is 8.34. The molecular weight excluding hydrogens is 264 g/mol. The zero-order valence-corrected chi connectivity index (χ0v) is 14.0. The first kappa shape index (κ1) is 18.4. The minimum Gasteiger partial charge on any atom is -0.379 e. The molecule has 1 aliphatic rings. The van der Waals surface area contributed by atoms with Gasteiger partial charge in [-0.15, -0.1) is 0 Å². The third-order valence-corrected chi connectivity index (χ3v) is 4.00. The van der Waals surface area contributed by atoms with Gasteiger partial charge in [-0.2, -0.15) is 0 Å². The molecule has 0 saturated heterocycles. The van der Waals surface area contributed by atoms with Crippen molar-refractivity contribution in [3.8, 4) is 0 Å². The molecule has 0 aromatic carbocycles. The number of rotatable bonds is 12. The van der Waals surface area contributed by atoms with E-state index in [1.807, 2.05) is 6.08 Å². The summed E-state index contributed by atoms with van der Waals surface area (Å²) in [5, 5.41) is 0. The predicted molar refractivity (Wildman–Crippen MR) is 87.6 cm³/mol. The molecule has 1 rings (SSSR count).